The van der Waals surface area contributed by atoms with E-state index in [1.54, 1.807) is 6.08 Å². The number of aliphatic hydroxyl groups excluding tert-OH is 2. The molecule has 3 rings (SSSR count). The largest absolute Gasteiger partial charge is 0.481 e. The second-order valence-corrected chi connectivity index (χ2v) is 18.1. The lowest BCUT2D eigenvalue weighted by molar-refractivity contribution is -0.137. The molecule has 316 valence electrons. The lowest BCUT2D eigenvalue weighted by Crippen LogP contribution is -2.46. The molecule has 1 fully saturated rings. The van der Waals surface area contributed by atoms with Crippen molar-refractivity contribution in [3.8, 4) is 0 Å². The van der Waals surface area contributed by atoms with Gasteiger partial charge in [0.25, 0.3) is 0 Å². The lowest BCUT2D eigenvalue weighted by atomic mass is 9.87. The van der Waals surface area contributed by atoms with Gasteiger partial charge in [0, 0.05) is 30.7 Å². The predicted octanol–water partition coefficient (Wildman–Crippen LogP) is 0.411. The second kappa shape index (κ2) is 20.8. The molecular formula is C28H46N7O17P3S. The minimum absolute atomic E-state index is 0.0308. The SMILES string of the molecule is CCCC/C=C/C(=O)SCCNC(=O)CCNC(=O)C(O)C(C)(C)COP(=O)(O)OP(=O)(O)OCC1OC(n2cnc3c(N)ncnc32)C(O)C1OP(=O)(O)O. The number of carbonyl (C=O) groups is 3. The van der Waals surface area contributed by atoms with Gasteiger partial charge in [0.1, 0.15) is 36.3 Å². The molecule has 0 saturated carbocycles. The molecule has 10 N–H and O–H groups in total. The summed E-state index contributed by atoms with van der Waals surface area (Å²) in [5.74, 6) is -1.11. The highest BCUT2D eigenvalue weighted by molar-refractivity contribution is 8.14. The Morgan fingerprint density at radius 1 is 1.09 bits per heavy atom. The Labute approximate surface area is 324 Å². The van der Waals surface area contributed by atoms with E-state index in [1.165, 1.54) is 19.9 Å². The molecule has 24 nitrogen and oxygen atoms in total. The van der Waals surface area contributed by atoms with Gasteiger partial charge in [-0.1, -0.05) is 51.5 Å². The van der Waals surface area contributed by atoms with E-state index in [9.17, 15) is 57.9 Å². The maximum atomic E-state index is 12.7. The average molecular weight is 878 g/mol. The van der Waals surface area contributed by atoms with Crippen LogP contribution in [-0.4, -0.2) is 123 Å². The third-order valence-electron chi connectivity index (χ3n) is 7.72. The van der Waals surface area contributed by atoms with Crippen molar-refractivity contribution in [2.75, 3.05) is 37.8 Å². The van der Waals surface area contributed by atoms with Gasteiger partial charge >= 0.3 is 23.5 Å². The Morgan fingerprint density at radius 2 is 1.79 bits per heavy atom. The topological polar surface area (TPSA) is 364 Å². The number of amides is 2. The zero-order valence-corrected chi connectivity index (χ0v) is 33.8. The monoisotopic (exact) mass is 877 g/mol. The first-order chi connectivity index (χ1) is 26.1. The van der Waals surface area contributed by atoms with Crippen LogP contribution in [0.1, 0.15) is 52.7 Å². The smallest absolute Gasteiger partial charge is 0.386 e. The van der Waals surface area contributed by atoms with Crippen LogP contribution in [0.5, 0.6) is 0 Å². The number of allylic oxidation sites excluding steroid dienone is 1. The molecule has 0 aliphatic carbocycles. The number of anilines is 1. The summed E-state index contributed by atoms with van der Waals surface area (Å²) in [7, 11) is -16.4. The van der Waals surface area contributed by atoms with Crippen LogP contribution in [0.15, 0.2) is 24.8 Å². The van der Waals surface area contributed by atoms with Crippen LogP contribution in [0.4, 0.5) is 5.82 Å². The Hall–Kier alpha value is -2.70. The minimum atomic E-state index is -5.57. The number of hydrogen-bond acceptors (Lipinski definition) is 18. The van der Waals surface area contributed by atoms with Crippen molar-refractivity contribution < 1.29 is 80.5 Å². The third kappa shape index (κ3) is 14.9. The molecule has 0 radical (unpaired) electrons. The Balaban J connectivity index is 1.48. The number of fused-ring (bicyclic) bond motifs is 1. The van der Waals surface area contributed by atoms with Crippen molar-refractivity contribution in [3.63, 3.8) is 0 Å². The van der Waals surface area contributed by atoms with Crippen LogP contribution >= 0.6 is 35.2 Å². The number of phosphoric acid groups is 3. The van der Waals surface area contributed by atoms with Gasteiger partial charge in [-0.15, -0.1) is 0 Å². The molecule has 7 atom stereocenters. The van der Waals surface area contributed by atoms with Gasteiger partial charge in [-0.2, -0.15) is 4.31 Å². The molecule has 2 aromatic heterocycles. The number of ether oxygens (including phenoxy) is 1. The number of aliphatic hydroxyl groups is 2. The number of nitrogens with two attached hydrogens (primary N) is 1. The molecule has 1 aliphatic rings. The highest BCUT2D eigenvalue weighted by Gasteiger charge is 2.50. The van der Waals surface area contributed by atoms with Gasteiger partial charge in [-0.3, -0.25) is 32.5 Å². The summed E-state index contributed by atoms with van der Waals surface area (Å²) < 4.78 is 62.1. The maximum Gasteiger partial charge on any atom is 0.481 e. The van der Waals surface area contributed by atoms with Crippen LogP contribution in [0, 0.1) is 5.41 Å². The molecule has 0 spiro atoms. The van der Waals surface area contributed by atoms with Gasteiger partial charge < -0.3 is 50.9 Å². The van der Waals surface area contributed by atoms with Crippen molar-refractivity contribution in [2.24, 2.45) is 5.41 Å². The molecule has 2 amide bonds. The first-order valence-corrected chi connectivity index (χ1v) is 22.3. The van der Waals surface area contributed by atoms with Crippen LogP contribution in [-0.2, 0) is 50.7 Å². The fraction of sp³-hybridized carbons (Fsp3) is 0.643. The first-order valence-electron chi connectivity index (χ1n) is 16.8. The Morgan fingerprint density at radius 3 is 2.46 bits per heavy atom. The van der Waals surface area contributed by atoms with Gasteiger partial charge in [0.15, 0.2) is 17.7 Å². The number of imidazole rings is 1. The summed E-state index contributed by atoms with van der Waals surface area (Å²) in [5.41, 5.74) is 4.26. The van der Waals surface area contributed by atoms with Crippen LogP contribution < -0.4 is 16.4 Å². The Bertz CT molecular complexity index is 1850. The molecule has 7 unspecified atom stereocenters. The van der Waals surface area contributed by atoms with Gasteiger partial charge in [-0.25, -0.2) is 28.6 Å². The highest BCUT2D eigenvalue weighted by atomic mass is 32.2. The third-order valence-corrected chi connectivity index (χ3v) is 11.7. The van der Waals surface area contributed by atoms with Gasteiger partial charge in [-0.05, 0) is 12.5 Å². The van der Waals surface area contributed by atoms with Crippen molar-refractivity contribution >= 4 is 69.1 Å². The summed E-state index contributed by atoms with van der Waals surface area (Å²) >= 11 is 1.04. The van der Waals surface area contributed by atoms with E-state index in [0.717, 1.165) is 48.2 Å². The van der Waals surface area contributed by atoms with Gasteiger partial charge in [0.2, 0.25) is 16.9 Å². The molecule has 1 saturated heterocycles. The van der Waals surface area contributed by atoms with Crippen LogP contribution in [0.25, 0.3) is 11.2 Å². The molecule has 0 aromatic carbocycles. The zero-order valence-electron chi connectivity index (χ0n) is 30.4. The van der Waals surface area contributed by atoms with Crippen molar-refractivity contribution in [2.45, 2.75) is 77.1 Å². The van der Waals surface area contributed by atoms with E-state index in [0.29, 0.717) is 5.75 Å². The predicted molar refractivity (Wildman–Crippen MR) is 196 cm³/mol. The highest BCUT2D eigenvalue weighted by Crippen LogP contribution is 2.61. The molecule has 28 heteroatoms. The minimum Gasteiger partial charge on any atom is -0.386 e. The molecule has 2 aromatic rings. The number of unbranched alkanes of at least 4 members (excludes halogenated alkanes) is 2. The van der Waals surface area contributed by atoms with Crippen LogP contribution in [0.2, 0.25) is 0 Å². The summed E-state index contributed by atoms with van der Waals surface area (Å²) in [4.78, 5) is 87.3. The summed E-state index contributed by atoms with van der Waals surface area (Å²) in [6.45, 7) is 2.54. The molecule has 56 heavy (non-hydrogen) atoms. The summed E-state index contributed by atoms with van der Waals surface area (Å²) in [5, 5.41) is 26.2. The van der Waals surface area contributed by atoms with E-state index >= 15 is 0 Å². The standard InChI is InChI=1S/C28H46N7O17P3S/c1-4-5-6-7-8-19(37)56-12-11-30-18(36)9-10-31-26(40)23(39)28(2,3)14-49-55(46,47)52-54(44,45)48-13-17-22(51-53(41,42)43)21(38)27(50-17)35-16-34-20-24(29)32-15-33-25(20)35/h7-8,15-17,21-23,27,38-39H,4-6,9-14H2,1-3H3,(H,30,36)(H,31,40)(H,44,45)(H,46,47)(H2,29,32,33)(H2,41,42,43)/b8-7+. The number of nitrogens with one attached hydrogen (secondary N) is 2. The van der Waals surface area contributed by atoms with E-state index < -0.39 is 84.6 Å². The molecule has 3 heterocycles. The summed E-state index contributed by atoms with van der Waals surface area (Å²) in [6.07, 6.45) is -0.810. The summed E-state index contributed by atoms with van der Waals surface area (Å²) in [6, 6.07) is 0. The number of phosphoric ester groups is 3. The lowest BCUT2D eigenvalue weighted by Gasteiger charge is -2.30. The van der Waals surface area contributed by atoms with E-state index in [-0.39, 0.29) is 41.6 Å². The van der Waals surface area contributed by atoms with Crippen LogP contribution in [0.3, 0.4) is 0 Å². The maximum absolute atomic E-state index is 12.7. The fourth-order valence-electron chi connectivity index (χ4n) is 4.83. The Kier molecular flexibility index (Phi) is 17.7. The van der Waals surface area contributed by atoms with E-state index in [4.69, 9.17) is 19.5 Å². The van der Waals surface area contributed by atoms with E-state index in [1.807, 2.05) is 6.92 Å². The van der Waals surface area contributed by atoms with E-state index in [2.05, 4.69) is 34.4 Å². The molecule has 1 aliphatic heterocycles. The number of aromatic nitrogens is 4. The number of rotatable bonds is 23. The number of thioether (sulfide) groups is 1. The zero-order chi connectivity index (χ0) is 41.9. The molecule has 0 bridgehead atoms. The average Bonchev–Trinajstić information content (AvgIpc) is 3.66. The second-order valence-electron chi connectivity index (χ2n) is 12.8. The van der Waals surface area contributed by atoms with Crippen molar-refractivity contribution in [1.29, 1.82) is 0 Å². The fourth-order valence-corrected chi connectivity index (χ4v) is 8.26. The number of nitrogens with zero attached hydrogens (tertiary/aromatic N) is 4. The number of nitrogen functional groups attached to an aromatic ring is 1. The number of carbonyl (C=O) groups excluding carboxylic acids is 3. The normalized spacial score (nSPS) is 21.8. The van der Waals surface area contributed by atoms with Gasteiger partial charge in [0.05, 0.1) is 19.5 Å². The first kappa shape index (κ1) is 47.7. The quantitative estimate of drug-likeness (QED) is 0.0415. The van der Waals surface area contributed by atoms with Crippen molar-refractivity contribution in [1.82, 2.24) is 30.2 Å². The number of hydrogen-bond donors (Lipinski definition) is 9. The van der Waals surface area contributed by atoms with Crippen molar-refractivity contribution in [3.05, 3.63) is 24.8 Å². The molecular weight excluding hydrogens is 831 g/mol.